The second-order valence-electron chi connectivity index (χ2n) is 4.19. The Bertz CT molecular complexity index is 731. The number of carbonyl (C=O) groups is 1. The van der Waals surface area contributed by atoms with Gasteiger partial charge in [-0.25, -0.2) is 17.2 Å². The molecule has 5 nitrogen and oxygen atoms in total. The average molecular weight is 277 g/mol. The number of aromatic nitrogens is 1. The van der Waals surface area contributed by atoms with Crippen LogP contribution in [0.25, 0.3) is 0 Å². The van der Waals surface area contributed by atoms with Gasteiger partial charge in [-0.2, -0.15) is 0 Å². The number of hydrogen-bond donors (Lipinski definition) is 0. The van der Waals surface area contributed by atoms with Crippen LogP contribution in [0.1, 0.15) is 16.1 Å². The van der Waals surface area contributed by atoms with Crippen LogP contribution < -0.4 is 0 Å². The highest BCUT2D eigenvalue weighted by Gasteiger charge is 2.29. The lowest BCUT2D eigenvalue weighted by molar-refractivity contribution is 0.0471. The van der Waals surface area contributed by atoms with E-state index in [1.165, 1.54) is 18.3 Å². The Morgan fingerprint density at radius 2 is 1.84 bits per heavy atom. The molecule has 2 aromatic rings. The molecular formula is C13H11NO4S. The van der Waals surface area contributed by atoms with Gasteiger partial charge >= 0.3 is 5.97 Å². The zero-order valence-electron chi connectivity index (χ0n) is 9.94. The topological polar surface area (TPSA) is 65.4 Å². The molecule has 0 saturated carbocycles. The third kappa shape index (κ3) is 1.84. The van der Waals surface area contributed by atoms with Gasteiger partial charge in [-0.1, -0.05) is 18.2 Å². The highest BCUT2D eigenvalue weighted by molar-refractivity contribution is 7.90. The molecule has 19 heavy (non-hydrogen) atoms. The molecule has 0 spiro atoms. The highest BCUT2D eigenvalue weighted by atomic mass is 32.2. The van der Waals surface area contributed by atoms with Gasteiger partial charge in [-0.15, -0.1) is 0 Å². The first-order valence-corrected chi connectivity index (χ1v) is 7.23. The lowest BCUT2D eigenvalue weighted by atomic mass is 10.1. The molecule has 1 aromatic carbocycles. The molecule has 0 aliphatic carbocycles. The second-order valence-corrected chi connectivity index (χ2v) is 6.00. The number of esters is 1. The van der Waals surface area contributed by atoms with E-state index in [2.05, 4.69) is 0 Å². The van der Waals surface area contributed by atoms with Gasteiger partial charge in [0, 0.05) is 12.6 Å². The Kier molecular flexibility index (Phi) is 2.67. The molecule has 1 aromatic heterocycles. The van der Waals surface area contributed by atoms with Crippen molar-refractivity contribution in [2.75, 3.05) is 6.61 Å². The van der Waals surface area contributed by atoms with E-state index in [1.54, 1.807) is 24.3 Å². The number of ether oxygens (including phenoxy) is 1. The maximum absolute atomic E-state index is 12.5. The summed E-state index contributed by atoms with van der Waals surface area (Å²) in [5, 5.41) is 0. The fourth-order valence-electron chi connectivity index (χ4n) is 2.10. The zero-order chi connectivity index (χ0) is 13.5. The smallest absolute Gasteiger partial charge is 0.356 e. The van der Waals surface area contributed by atoms with Gasteiger partial charge in [0.15, 0.2) is 0 Å². The van der Waals surface area contributed by atoms with Gasteiger partial charge < -0.3 is 4.74 Å². The van der Waals surface area contributed by atoms with E-state index >= 15 is 0 Å². The van der Waals surface area contributed by atoms with Crippen molar-refractivity contribution in [2.24, 2.45) is 0 Å². The van der Waals surface area contributed by atoms with Gasteiger partial charge in [-0.3, -0.25) is 0 Å². The Balaban J connectivity index is 2.19. The molecule has 0 atom stereocenters. The number of hydrogen-bond acceptors (Lipinski definition) is 4. The zero-order valence-corrected chi connectivity index (χ0v) is 10.8. The lowest BCUT2D eigenvalue weighted by Gasteiger charge is -2.15. The summed E-state index contributed by atoms with van der Waals surface area (Å²) in [6.07, 6.45) is 1.94. The van der Waals surface area contributed by atoms with Crippen LogP contribution in [-0.4, -0.2) is 25.0 Å². The maximum atomic E-state index is 12.5. The third-order valence-electron chi connectivity index (χ3n) is 3.03. The molecule has 0 bridgehead atoms. The first-order chi connectivity index (χ1) is 9.10. The van der Waals surface area contributed by atoms with Crippen LogP contribution in [0.2, 0.25) is 0 Å². The number of benzene rings is 1. The Morgan fingerprint density at radius 3 is 2.58 bits per heavy atom. The normalized spacial score (nSPS) is 14.8. The molecular weight excluding hydrogens is 266 g/mol. The number of rotatable bonds is 2. The fraction of sp³-hybridized carbons (Fsp3) is 0.154. The molecule has 1 aliphatic heterocycles. The maximum Gasteiger partial charge on any atom is 0.356 e. The number of nitrogens with zero attached hydrogens (tertiary/aromatic N) is 1. The Labute approximate surface area is 110 Å². The van der Waals surface area contributed by atoms with Crippen molar-refractivity contribution in [3.63, 3.8) is 0 Å². The SMILES string of the molecule is O=C1OCCc2ccn(S(=O)(=O)c3ccccc3)c21. The first kappa shape index (κ1) is 12.0. The highest BCUT2D eigenvalue weighted by Crippen LogP contribution is 2.23. The summed E-state index contributed by atoms with van der Waals surface area (Å²) in [6, 6.07) is 9.66. The van der Waals surface area contributed by atoms with E-state index in [4.69, 9.17) is 4.74 Å². The van der Waals surface area contributed by atoms with Crippen LogP contribution in [0.4, 0.5) is 0 Å². The quantitative estimate of drug-likeness (QED) is 0.779. The molecule has 98 valence electrons. The van der Waals surface area contributed by atoms with Gasteiger partial charge in [0.2, 0.25) is 0 Å². The predicted molar refractivity (Wildman–Crippen MR) is 67.4 cm³/mol. The number of cyclic esters (lactones) is 1. The molecule has 0 saturated heterocycles. The second kappa shape index (κ2) is 4.24. The van der Waals surface area contributed by atoms with E-state index < -0.39 is 16.0 Å². The van der Waals surface area contributed by atoms with Crippen LogP contribution in [0.5, 0.6) is 0 Å². The largest absolute Gasteiger partial charge is 0.461 e. The molecule has 6 heteroatoms. The summed E-state index contributed by atoms with van der Waals surface area (Å²) in [7, 11) is -3.75. The monoisotopic (exact) mass is 277 g/mol. The van der Waals surface area contributed by atoms with Crippen LogP contribution >= 0.6 is 0 Å². The standard InChI is InChI=1S/C13H11NO4S/c15-13-12-10(7-9-18-13)6-8-14(12)19(16,17)11-4-2-1-3-5-11/h1-6,8H,7,9H2. The van der Waals surface area contributed by atoms with Crippen LogP contribution in [0.3, 0.4) is 0 Å². The first-order valence-electron chi connectivity index (χ1n) is 5.79. The molecule has 1 aliphatic rings. The molecule has 0 amide bonds. The van der Waals surface area contributed by atoms with Crippen LogP contribution in [0, 0.1) is 0 Å². The van der Waals surface area contributed by atoms with Gasteiger partial charge in [0.05, 0.1) is 11.5 Å². The predicted octanol–water partition coefficient (Wildman–Crippen LogP) is 1.44. The Morgan fingerprint density at radius 1 is 1.11 bits per heavy atom. The van der Waals surface area contributed by atoms with Gasteiger partial charge in [-0.05, 0) is 23.8 Å². The summed E-state index contributed by atoms with van der Waals surface area (Å²) >= 11 is 0. The minimum Gasteiger partial charge on any atom is -0.461 e. The Hall–Kier alpha value is -2.08. The molecule has 0 radical (unpaired) electrons. The van der Waals surface area contributed by atoms with E-state index in [1.807, 2.05) is 0 Å². The van der Waals surface area contributed by atoms with Crippen molar-refractivity contribution in [3.8, 4) is 0 Å². The summed E-state index contributed by atoms with van der Waals surface area (Å²) in [5.41, 5.74) is 0.811. The van der Waals surface area contributed by atoms with Crippen molar-refractivity contribution in [1.29, 1.82) is 0 Å². The third-order valence-corrected chi connectivity index (χ3v) is 4.72. The van der Waals surface area contributed by atoms with Crippen LogP contribution in [0.15, 0.2) is 47.5 Å². The number of carbonyl (C=O) groups excluding carboxylic acids is 1. The molecule has 0 fully saturated rings. The van der Waals surface area contributed by atoms with Crippen molar-refractivity contribution in [2.45, 2.75) is 11.3 Å². The van der Waals surface area contributed by atoms with E-state index in [0.717, 1.165) is 3.97 Å². The van der Waals surface area contributed by atoms with Gasteiger partial charge in [0.1, 0.15) is 5.69 Å². The van der Waals surface area contributed by atoms with E-state index in [-0.39, 0.29) is 10.6 Å². The summed E-state index contributed by atoms with van der Waals surface area (Å²) in [4.78, 5) is 11.9. The van der Waals surface area contributed by atoms with Crippen LogP contribution in [-0.2, 0) is 21.2 Å². The summed E-state index contributed by atoms with van der Waals surface area (Å²) in [5.74, 6) is -0.592. The molecule has 0 unspecified atom stereocenters. The van der Waals surface area contributed by atoms with Crippen molar-refractivity contribution in [1.82, 2.24) is 3.97 Å². The van der Waals surface area contributed by atoms with Gasteiger partial charge in [0.25, 0.3) is 10.0 Å². The van der Waals surface area contributed by atoms with Crippen molar-refractivity contribution < 1.29 is 17.9 Å². The summed E-state index contributed by atoms with van der Waals surface area (Å²) in [6.45, 7) is 0.293. The molecule has 3 rings (SSSR count). The van der Waals surface area contributed by atoms with E-state index in [9.17, 15) is 13.2 Å². The minimum absolute atomic E-state index is 0.107. The minimum atomic E-state index is -3.75. The fourth-order valence-corrected chi connectivity index (χ4v) is 3.49. The summed E-state index contributed by atoms with van der Waals surface area (Å²) < 4.78 is 30.8. The lowest BCUT2D eigenvalue weighted by Crippen LogP contribution is -2.24. The molecule has 2 heterocycles. The van der Waals surface area contributed by atoms with Crippen molar-refractivity contribution in [3.05, 3.63) is 53.9 Å². The average Bonchev–Trinajstić information content (AvgIpc) is 2.86. The van der Waals surface area contributed by atoms with Crippen molar-refractivity contribution >= 4 is 16.0 Å². The number of fused-ring (bicyclic) bond motifs is 1. The molecule has 0 N–H and O–H groups in total. The van der Waals surface area contributed by atoms with E-state index in [0.29, 0.717) is 18.6 Å².